The van der Waals surface area contributed by atoms with Crippen LogP contribution in [-0.4, -0.2) is 6.16 Å². The fourth-order valence-electron chi connectivity index (χ4n) is 5.39. The molecule has 0 aliphatic carbocycles. The number of hydrogen-bond acceptors (Lipinski definition) is 3. The molecule has 0 aliphatic heterocycles. The van der Waals surface area contributed by atoms with Crippen molar-refractivity contribution in [1.82, 2.24) is 0 Å². The molecule has 0 aliphatic rings. The zero-order chi connectivity index (χ0) is 29.4. The summed E-state index contributed by atoms with van der Waals surface area (Å²) in [5.41, 5.74) is 0. The van der Waals surface area contributed by atoms with E-state index in [0.717, 1.165) is 25.7 Å². The molecule has 0 atom stereocenters. The summed E-state index contributed by atoms with van der Waals surface area (Å²) in [6.45, 7) is 12.3. The molecular formula is C37H70O3. The average molecular weight is 563 g/mol. The van der Waals surface area contributed by atoms with Crippen molar-refractivity contribution in [2.75, 3.05) is 0 Å². The van der Waals surface area contributed by atoms with Gasteiger partial charge in [-0.2, -0.15) is 0 Å². The summed E-state index contributed by atoms with van der Waals surface area (Å²) in [6.07, 6.45) is 38.2. The van der Waals surface area contributed by atoms with Crippen molar-refractivity contribution in [1.29, 1.82) is 0 Å². The maximum absolute atomic E-state index is 12.0. The van der Waals surface area contributed by atoms with Crippen LogP contribution in [0.1, 0.15) is 206 Å². The van der Waals surface area contributed by atoms with E-state index in [2.05, 4.69) is 27.0 Å². The smallest absolute Gasteiger partial charge is 0.400 e. The SMILES string of the molecule is C=C(CCCCCCCCCCCCCCCC)OC(=O)OC(=C)CCCCCCCCCCCCCCCC. The standard InChI is InChI=1S/C37H70O3/c1-5-7-9-11-13-15-17-19-21-23-25-27-29-31-33-35(3)39-37(38)40-36(4)34-32-30-28-26-24-22-20-18-16-14-12-10-8-6-2/h3-34H2,1-2H3. The molecule has 40 heavy (non-hydrogen) atoms. The minimum absolute atomic E-state index is 0.508. The van der Waals surface area contributed by atoms with Gasteiger partial charge >= 0.3 is 6.16 Å². The molecular weight excluding hydrogens is 492 g/mol. The minimum atomic E-state index is -0.675. The number of rotatable bonds is 32. The van der Waals surface area contributed by atoms with Gasteiger partial charge in [-0.15, -0.1) is 0 Å². The predicted molar refractivity (Wildman–Crippen MR) is 176 cm³/mol. The van der Waals surface area contributed by atoms with Gasteiger partial charge in [-0.25, -0.2) is 4.79 Å². The molecule has 0 N–H and O–H groups in total. The minimum Gasteiger partial charge on any atom is -0.400 e. The van der Waals surface area contributed by atoms with Crippen LogP contribution in [0.2, 0.25) is 0 Å². The Kier molecular flexibility index (Phi) is 31.3. The van der Waals surface area contributed by atoms with Crippen molar-refractivity contribution in [2.24, 2.45) is 0 Å². The van der Waals surface area contributed by atoms with Crippen molar-refractivity contribution >= 4 is 6.16 Å². The van der Waals surface area contributed by atoms with E-state index in [1.807, 2.05) is 0 Å². The Labute approximate surface area is 251 Å². The van der Waals surface area contributed by atoms with E-state index in [1.165, 1.54) is 167 Å². The third kappa shape index (κ3) is 31.3. The largest absolute Gasteiger partial charge is 0.518 e. The van der Waals surface area contributed by atoms with Gasteiger partial charge in [0.2, 0.25) is 0 Å². The van der Waals surface area contributed by atoms with Gasteiger partial charge in [0, 0.05) is 12.8 Å². The Bertz CT molecular complexity index is 520. The number of carbonyl (C=O) groups is 1. The maximum Gasteiger partial charge on any atom is 0.518 e. The van der Waals surface area contributed by atoms with E-state index in [1.54, 1.807) is 0 Å². The summed E-state index contributed by atoms with van der Waals surface area (Å²) in [6, 6.07) is 0. The summed E-state index contributed by atoms with van der Waals surface area (Å²) in [5, 5.41) is 0. The van der Waals surface area contributed by atoms with Gasteiger partial charge in [-0.3, -0.25) is 0 Å². The van der Waals surface area contributed by atoms with E-state index in [4.69, 9.17) is 9.47 Å². The molecule has 3 heteroatoms. The van der Waals surface area contributed by atoms with Crippen LogP contribution in [0.5, 0.6) is 0 Å². The quantitative estimate of drug-likeness (QED) is 0.0464. The number of hydrogen-bond donors (Lipinski definition) is 0. The molecule has 0 bridgehead atoms. The highest BCUT2D eigenvalue weighted by molar-refractivity contribution is 5.62. The second-order valence-electron chi connectivity index (χ2n) is 12.2. The van der Waals surface area contributed by atoms with E-state index in [9.17, 15) is 4.79 Å². The topological polar surface area (TPSA) is 35.5 Å². The second-order valence-corrected chi connectivity index (χ2v) is 12.2. The van der Waals surface area contributed by atoms with Crippen LogP contribution in [0.3, 0.4) is 0 Å². The number of allylic oxidation sites excluding steroid dienone is 2. The number of ether oxygens (including phenoxy) is 2. The fourth-order valence-corrected chi connectivity index (χ4v) is 5.39. The lowest BCUT2D eigenvalue weighted by Crippen LogP contribution is -2.06. The lowest BCUT2D eigenvalue weighted by Gasteiger charge is -2.10. The molecule has 0 aromatic rings. The molecule has 0 spiro atoms. The Hall–Kier alpha value is -1.25. The van der Waals surface area contributed by atoms with Gasteiger partial charge < -0.3 is 9.47 Å². The van der Waals surface area contributed by atoms with Crippen LogP contribution in [0.25, 0.3) is 0 Å². The molecule has 0 rings (SSSR count). The first-order chi connectivity index (χ1) is 19.6. The van der Waals surface area contributed by atoms with Gasteiger partial charge in [-0.05, 0) is 12.8 Å². The number of unbranched alkanes of at least 4 members (excludes halogenated alkanes) is 26. The highest BCUT2D eigenvalue weighted by Gasteiger charge is 2.09. The van der Waals surface area contributed by atoms with Gasteiger partial charge in [0.15, 0.2) is 0 Å². The highest BCUT2D eigenvalue weighted by atomic mass is 16.7. The first kappa shape index (κ1) is 38.8. The van der Waals surface area contributed by atoms with Crippen molar-refractivity contribution in [3.8, 4) is 0 Å². The highest BCUT2D eigenvalue weighted by Crippen LogP contribution is 2.17. The lowest BCUT2D eigenvalue weighted by atomic mass is 10.0. The van der Waals surface area contributed by atoms with Crippen LogP contribution in [0.15, 0.2) is 24.7 Å². The summed E-state index contributed by atoms with van der Waals surface area (Å²) >= 11 is 0. The first-order valence-electron chi connectivity index (χ1n) is 17.8. The van der Waals surface area contributed by atoms with Gasteiger partial charge in [0.1, 0.15) is 11.5 Å². The Balaban J connectivity index is 3.41. The van der Waals surface area contributed by atoms with Crippen LogP contribution in [-0.2, 0) is 9.47 Å². The van der Waals surface area contributed by atoms with Crippen LogP contribution < -0.4 is 0 Å². The van der Waals surface area contributed by atoms with Crippen LogP contribution >= 0.6 is 0 Å². The number of carbonyl (C=O) groups excluding carboxylic acids is 1. The molecule has 0 saturated heterocycles. The van der Waals surface area contributed by atoms with E-state index in [-0.39, 0.29) is 0 Å². The van der Waals surface area contributed by atoms with Crippen molar-refractivity contribution in [2.45, 2.75) is 206 Å². The third-order valence-corrected chi connectivity index (χ3v) is 8.07. The third-order valence-electron chi connectivity index (χ3n) is 8.07. The summed E-state index contributed by atoms with van der Waals surface area (Å²) in [4.78, 5) is 12.0. The van der Waals surface area contributed by atoms with E-state index in [0.29, 0.717) is 11.5 Å². The summed E-state index contributed by atoms with van der Waals surface area (Å²) < 4.78 is 10.5. The molecule has 0 fully saturated rings. The maximum atomic E-state index is 12.0. The molecule has 0 aromatic heterocycles. The second kappa shape index (κ2) is 32.3. The summed E-state index contributed by atoms with van der Waals surface area (Å²) in [5.74, 6) is 1.02. The fraction of sp³-hybridized carbons (Fsp3) is 0.865. The van der Waals surface area contributed by atoms with Crippen LogP contribution in [0, 0.1) is 0 Å². The predicted octanol–water partition coefficient (Wildman–Crippen LogP) is 13.9. The van der Waals surface area contributed by atoms with Gasteiger partial charge in [0.25, 0.3) is 0 Å². The Morgan fingerprint density at radius 1 is 0.375 bits per heavy atom. The molecule has 3 nitrogen and oxygen atoms in total. The van der Waals surface area contributed by atoms with Crippen molar-refractivity contribution in [3.05, 3.63) is 24.7 Å². The molecule has 236 valence electrons. The molecule has 0 radical (unpaired) electrons. The summed E-state index contributed by atoms with van der Waals surface area (Å²) in [7, 11) is 0. The zero-order valence-electron chi connectivity index (χ0n) is 27.4. The lowest BCUT2D eigenvalue weighted by molar-refractivity contribution is 0.0973. The van der Waals surface area contributed by atoms with Crippen LogP contribution in [0.4, 0.5) is 4.79 Å². The van der Waals surface area contributed by atoms with Gasteiger partial charge in [0.05, 0.1) is 0 Å². The van der Waals surface area contributed by atoms with E-state index >= 15 is 0 Å². The molecule has 0 heterocycles. The normalized spacial score (nSPS) is 11.1. The molecule has 0 aromatic carbocycles. The Morgan fingerprint density at radius 2 is 0.575 bits per heavy atom. The Morgan fingerprint density at radius 3 is 0.800 bits per heavy atom. The first-order valence-corrected chi connectivity index (χ1v) is 17.8. The van der Waals surface area contributed by atoms with Gasteiger partial charge in [-0.1, -0.05) is 194 Å². The zero-order valence-corrected chi connectivity index (χ0v) is 27.4. The average Bonchev–Trinajstić information content (AvgIpc) is 2.93. The van der Waals surface area contributed by atoms with Crippen molar-refractivity contribution < 1.29 is 14.3 Å². The molecule has 0 saturated carbocycles. The molecule has 0 unspecified atom stereocenters. The molecule has 0 amide bonds. The monoisotopic (exact) mass is 563 g/mol. The van der Waals surface area contributed by atoms with E-state index < -0.39 is 6.16 Å². The van der Waals surface area contributed by atoms with Crippen molar-refractivity contribution in [3.63, 3.8) is 0 Å².